The number of nitrogens with zero attached hydrogens (tertiary/aromatic N) is 1. The van der Waals surface area contributed by atoms with Crippen LogP contribution in [0.1, 0.15) is 36.3 Å². The Balaban J connectivity index is 2.02. The topological polar surface area (TPSA) is 118 Å². The minimum atomic E-state index is -0.524. The van der Waals surface area contributed by atoms with Crippen molar-refractivity contribution in [2.24, 2.45) is 5.73 Å². The molecule has 8 heteroatoms. The highest BCUT2D eigenvalue weighted by Crippen LogP contribution is 2.20. The van der Waals surface area contributed by atoms with E-state index >= 15 is 0 Å². The van der Waals surface area contributed by atoms with E-state index < -0.39 is 11.2 Å². The van der Waals surface area contributed by atoms with Crippen molar-refractivity contribution in [3.05, 3.63) is 51.9 Å². The largest absolute Gasteiger partial charge is 0.366 e. The van der Waals surface area contributed by atoms with Gasteiger partial charge in [0.05, 0.1) is 5.25 Å². The lowest BCUT2D eigenvalue weighted by Crippen LogP contribution is -2.23. The summed E-state index contributed by atoms with van der Waals surface area (Å²) in [6, 6.07) is 7.78. The van der Waals surface area contributed by atoms with Gasteiger partial charge in [0.15, 0.2) is 5.16 Å². The average molecular weight is 360 g/mol. The summed E-state index contributed by atoms with van der Waals surface area (Å²) < 4.78 is 0. The average Bonchev–Trinajstić information content (AvgIpc) is 2.55. The van der Waals surface area contributed by atoms with Gasteiger partial charge < -0.3 is 16.0 Å². The number of benzene rings is 1. The molecule has 0 radical (unpaired) electrons. The molecular formula is C17H20N4O3S. The predicted octanol–water partition coefficient (Wildman–Crippen LogP) is 1.94. The van der Waals surface area contributed by atoms with Gasteiger partial charge >= 0.3 is 0 Å². The Morgan fingerprint density at radius 2 is 2.00 bits per heavy atom. The number of aromatic amines is 1. The molecule has 0 unspecified atom stereocenters. The molecule has 0 bridgehead atoms. The molecule has 2 aromatic rings. The van der Waals surface area contributed by atoms with Crippen LogP contribution >= 0.6 is 11.8 Å². The number of hydrogen-bond acceptors (Lipinski definition) is 5. The van der Waals surface area contributed by atoms with Crippen LogP contribution in [0.15, 0.2) is 40.3 Å². The normalized spacial score (nSPS) is 11.8. The number of carbonyl (C=O) groups excluding carboxylic acids is 2. The number of nitrogens with two attached hydrogens (primary N) is 1. The maximum Gasteiger partial charge on any atom is 0.251 e. The Morgan fingerprint density at radius 1 is 1.32 bits per heavy atom. The predicted molar refractivity (Wildman–Crippen MR) is 97.8 cm³/mol. The molecule has 0 aliphatic carbocycles. The number of hydrogen-bond donors (Lipinski definition) is 3. The van der Waals surface area contributed by atoms with E-state index in [0.717, 1.165) is 6.42 Å². The summed E-state index contributed by atoms with van der Waals surface area (Å²) in [4.78, 5) is 42.0. The van der Waals surface area contributed by atoms with Crippen LogP contribution in [0.4, 0.5) is 5.69 Å². The summed E-state index contributed by atoms with van der Waals surface area (Å²) in [5, 5.41) is 2.71. The van der Waals surface area contributed by atoms with Crippen LogP contribution in [0.2, 0.25) is 0 Å². The lowest BCUT2D eigenvalue weighted by molar-refractivity contribution is -0.115. The van der Waals surface area contributed by atoms with E-state index in [9.17, 15) is 14.4 Å². The van der Waals surface area contributed by atoms with E-state index in [1.54, 1.807) is 31.2 Å². The number of aromatic nitrogens is 2. The number of rotatable bonds is 7. The Kier molecular flexibility index (Phi) is 6.35. The second-order valence-corrected chi connectivity index (χ2v) is 6.81. The van der Waals surface area contributed by atoms with E-state index in [-0.39, 0.29) is 11.5 Å². The highest BCUT2D eigenvalue weighted by Gasteiger charge is 2.16. The number of H-pyrrole nitrogens is 1. The van der Waals surface area contributed by atoms with Crippen LogP contribution in [0.25, 0.3) is 0 Å². The smallest absolute Gasteiger partial charge is 0.251 e. The van der Waals surface area contributed by atoms with Crippen molar-refractivity contribution in [2.45, 2.75) is 37.1 Å². The first-order valence-electron chi connectivity index (χ1n) is 7.86. The molecular weight excluding hydrogens is 340 g/mol. The number of amides is 2. The van der Waals surface area contributed by atoms with Crippen molar-refractivity contribution in [1.29, 1.82) is 0 Å². The number of anilines is 1. The number of primary amides is 1. The quantitative estimate of drug-likeness (QED) is 0.515. The fraction of sp³-hybridized carbons (Fsp3) is 0.294. The zero-order valence-electron chi connectivity index (χ0n) is 14.0. The van der Waals surface area contributed by atoms with Crippen molar-refractivity contribution >= 4 is 29.3 Å². The number of carbonyl (C=O) groups is 2. The van der Waals surface area contributed by atoms with Crippen molar-refractivity contribution < 1.29 is 9.59 Å². The molecule has 0 saturated heterocycles. The van der Waals surface area contributed by atoms with Crippen molar-refractivity contribution in [2.75, 3.05) is 5.32 Å². The Bertz CT molecular complexity index is 817. The molecule has 2 rings (SSSR count). The van der Waals surface area contributed by atoms with Crippen LogP contribution < -0.4 is 16.6 Å². The molecule has 1 atom stereocenters. The van der Waals surface area contributed by atoms with Gasteiger partial charge in [0.25, 0.3) is 5.56 Å². The highest BCUT2D eigenvalue weighted by atomic mass is 32.2. The minimum absolute atomic E-state index is 0.226. The van der Waals surface area contributed by atoms with E-state index in [1.165, 1.54) is 17.8 Å². The van der Waals surface area contributed by atoms with Gasteiger partial charge in [-0.25, -0.2) is 4.98 Å². The summed E-state index contributed by atoms with van der Waals surface area (Å²) >= 11 is 1.18. The van der Waals surface area contributed by atoms with Crippen molar-refractivity contribution in [3.63, 3.8) is 0 Å². The van der Waals surface area contributed by atoms with Gasteiger partial charge in [-0.1, -0.05) is 25.1 Å². The molecule has 0 fully saturated rings. The molecule has 0 aliphatic rings. The molecule has 1 aromatic heterocycles. The monoisotopic (exact) mass is 360 g/mol. The van der Waals surface area contributed by atoms with Gasteiger partial charge in [0.2, 0.25) is 11.8 Å². The zero-order chi connectivity index (χ0) is 18.4. The van der Waals surface area contributed by atoms with Crippen LogP contribution in [0.5, 0.6) is 0 Å². The minimum Gasteiger partial charge on any atom is -0.366 e. The van der Waals surface area contributed by atoms with Gasteiger partial charge in [0, 0.05) is 23.0 Å². The van der Waals surface area contributed by atoms with Crippen LogP contribution in [-0.2, 0) is 11.2 Å². The van der Waals surface area contributed by atoms with Crippen LogP contribution in [0.3, 0.4) is 0 Å². The number of thioether (sulfide) groups is 1. The Morgan fingerprint density at radius 3 is 2.60 bits per heavy atom. The van der Waals surface area contributed by atoms with Gasteiger partial charge in [-0.15, -0.1) is 0 Å². The molecule has 0 saturated carbocycles. The number of nitrogens with one attached hydrogen (secondary N) is 2. The number of aryl methyl sites for hydroxylation is 1. The fourth-order valence-corrected chi connectivity index (χ4v) is 2.94. The SMILES string of the molecule is CCCc1cc(=O)[nH]c(S[C@H](C)C(=O)Nc2ccc(C(N)=O)cc2)n1. The second-order valence-electron chi connectivity index (χ2n) is 5.48. The Labute approximate surface area is 149 Å². The van der Waals surface area contributed by atoms with Crippen molar-refractivity contribution in [1.82, 2.24) is 9.97 Å². The fourth-order valence-electron chi connectivity index (χ4n) is 2.11. The third-order valence-electron chi connectivity index (χ3n) is 3.37. The maximum absolute atomic E-state index is 12.3. The summed E-state index contributed by atoms with van der Waals surface area (Å²) in [7, 11) is 0. The third kappa shape index (κ3) is 5.46. The van der Waals surface area contributed by atoms with E-state index in [2.05, 4.69) is 15.3 Å². The molecule has 25 heavy (non-hydrogen) atoms. The van der Waals surface area contributed by atoms with Crippen molar-refractivity contribution in [3.8, 4) is 0 Å². The standard InChI is InChI=1S/C17H20N4O3S/c1-3-4-13-9-14(22)21-17(20-13)25-10(2)16(24)19-12-7-5-11(6-8-12)15(18)23/h5-10H,3-4H2,1-2H3,(H2,18,23)(H,19,24)(H,20,21,22)/t10-/m1/s1. The second kappa shape index (κ2) is 8.48. The first-order chi connectivity index (χ1) is 11.9. The lowest BCUT2D eigenvalue weighted by Gasteiger charge is -2.12. The summed E-state index contributed by atoms with van der Waals surface area (Å²) in [5.41, 5.74) is 6.59. The van der Waals surface area contributed by atoms with Gasteiger partial charge in [-0.3, -0.25) is 14.4 Å². The van der Waals surface area contributed by atoms with Gasteiger partial charge in [-0.2, -0.15) is 0 Å². The van der Waals surface area contributed by atoms with Crippen LogP contribution in [-0.4, -0.2) is 27.0 Å². The first kappa shape index (κ1) is 18.7. The molecule has 132 valence electrons. The van der Waals surface area contributed by atoms with E-state index in [4.69, 9.17) is 5.73 Å². The summed E-state index contributed by atoms with van der Waals surface area (Å²) in [6.45, 7) is 3.74. The molecule has 1 aromatic carbocycles. The molecule has 2 amide bonds. The molecule has 7 nitrogen and oxygen atoms in total. The third-order valence-corrected chi connectivity index (χ3v) is 4.36. The van der Waals surface area contributed by atoms with Gasteiger partial charge in [0.1, 0.15) is 0 Å². The molecule has 0 aliphatic heterocycles. The zero-order valence-corrected chi connectivity index (χ0v) is 14.9. The molecule has 1 heterocycles. The van der Waals surface area contributed by atoms with Crippen LogP contribution in [0, 0.1) is 0 Å². The van der Waals surface area contributed by atoms with E-state index in [1.807, 2.05) is 6.92 Å². The summed E-state index contributed by atoms with van der Waals surface area (Å²) in [5.74, 6) is -0.760. The maximum atomic E-state index is 12.3. The Hall–Kier alpha value is -2.61. The first-order valence-corrected chi connectivity index (χ1v) is 8.74. The highest BCUT2D eigenvalue weighted by molar-refractivity contribution is 8.00. The molecule has 0 spiro atoms. The van der Waals surface area contributed by atoms with E-state index in [0.29, 0.717) is 28.5 Å². The van der Waals surface area contributed by atoms with Gasteiger partial charge in [-0.05, 0) is 37.6 Å². The molecule has 4 N–H and O–H groups in total. The summed E-state index contributed by atoms with van der Waals surface area (Å²) in [6.07, 6.45) is 1.60. The lowest BCUT2D eigenvalue weighted by atomic mass is 10.2.